The Labute approximate surface area is 212 Å². The maximum absolute atomic E-state index is 13.4. The van der Waals surface area contributed by atoms with E-state index in [9.17, 15) is 18.0 Å². The van der Waals surface area contributed by atoms with E-state index in [2.05, 4.69) is 33.1 Å². The Balaban J connectivity index is 1.13. The van der Waals surface area contributed by atoms with Crippen molar-refractivity contribution < 1.29 is 22.7 Å². The van der Waals surface area contributed by atoms with Crippen LogP contribution in [0.4, 0.5) is 18.9 Å². The second kappa shape index (κ2) is 9.18. The number of pyridine rings is 1. The maximum Gasteiger partial charge on any atom is 0.451 e. The molecule has 0 N–H and O–H groups in total. The number of carbonyl (C=O) groups excluding carboxylic acids is 1. The van der Waals surface area contributed by atoms with Gasteiger partial charge in [-0.3, -0.25) is 9.78 Å². The standard InChI is InChI=1S/C26H29F3N6O2/c1-16-13-33(22-6-8-30-21-12-18(4-5-20(21)22)37-15-17-2-3-17)9-7-19(16)24(36)34-10-11-35-23(14-34)31-32-25(35)26(27,28)29/h4-6,8,12,16-17,19H,2-3,7,9-11,13-15H2,1H3. The number of fused-ring (bicyclic) bond motifs is 2. The summed E-state index contributed by atoms with van der Waals surface area (Å²) in [5.74, 6) is 0.567. The number of rotatable bonds is 5. The van der Waals surface area contributed by atoms with Gasteiger partial charge in [-0.25, -0.2) is 0 Å². The van der Waals surface area contributed by atoms with Crippen LogP contribution in [-0.2, 0) is 24.1 Å². The molecule has 1 aliphatic carbocycles. The van der Waals surface area contributed by atoms with Crippen molar-refractivity contribution in [2.24, 2.45) is 17.8 Å². The van der Waals surface area contributed by atoms with Gasteiger partial charge in [0.15, 0.2) is 5.82 Å². The Morgan fingerprint density at radius 1 is 1.11 bits per heavy atom. The first-order valence-corrected chi connectivity index (χ1v) is 12.8. The van der Waals surface area contributed by atoms with Gasteiger partial charge in [0.05, 0.1) is 18.7 Å². The summed E-state index contributed by atoms with van der Waals surface area (Å²) in [6.45, 7) is 4.56. The lowest BCUT2D eigenvalue weighted by Gasteiger charge is -2.40. The largest absolute Gasteiger partial charge is 0.493 e. The van der Waals surface area contributed by atoms with Gasteiger partial charge < -0.3 is 19.1 Å². The lowest BCUT2D eigenvalue weighted by molar-refractivity contribution is -0.148. The number of alkyl halides is 3. The molecule has 1 amide bonds. The summed E-state index contributed by atoms with van der Waals surface area (Å²) in [5, 5.41) is 8.07. The monoisotopic (exact) mass is 514 g/mol. The highest BCUT2D eigenvalue weighted by Crippen LogP contribution is 2.35. The van der Waals surface area contributed by atoms with Crippen LogP contribution in [0.15, 0.2) is 30.5 Å². The first kappa shape index (κ1) is 24.0. The molecule has 2 aromatic heterocycles. The van der Waals surface area contributed by atoms with E-state index >= 15 is 0 Å². The average Bonchev–Trinajstić information content (AvgIpc) is 3.61. The molecule has 2 unspecified atom stereocenters. The minimum Gasteiger partial charge on any atom is -0.493 e. The van der Waals surface area contributed by atoms with Gasteiger partial charge in [0, 0.05) is 55.4 Å². The predicted molar refractivity (Wildman–Crippen MR) is 130 cm³/mol. The van der Waals surface area contributed by atoms with E-state index in [-0.39, 0.29) is 43.2 Å². The molecule has 2 aliphatic heterocycles. The number of carbonyl (C=O) groups is 1. The van der Waals surface area contributed by atoms with Gasteiger partial charge in [0.1, 0.15) is 5.75 Å². The molecule has 3 aliphatic rings. The van der Waals surface area contributed by atoms with Gasteiger partial charge in [-0.2, -0.15) is 13.2 Å². The second-order valence-corrected chi connectivity index (χ2v) is 10.4. The molecule has 0 bridgehead atoms. The van der Waals surface area contributed by atoms with E-state index in [1.54, 1.807) is 4.90 Å². The van der Waals surface area contributed by atoms with Crippen molar-refractivity contribution in [3.05, 3.63) is 42.1 Å². The molecular weight excluding hydrogens is 485 g/mol. The Bertz CT molecular complexity index is 1320. The fraction of sp³-hybridized carbons (Fsp3) is 0.538. The molecule has 0 spiro atoms. The predicted octanol–water partition coefficient (Wildman–Crippen LogP) is 4.14. The van der Waals surface area contributed by atoms with Gasteiger partial charge >= 0.3 is 6.18 Å². The zero-order chi connectivity index (χ0) is 25.7. The molecule has 1 saturated heterocycles. The molecule has 2 fully saturated rings. The summed E-state index contributed by atoms with van der Waals surface area (Å²) in [6.07, 6.45) is 0.407. The lowest BCUT2D eigenvalue weighted by atomic mass is 9.85. The zero-order valence-electron chi connectivity index (χ0n) is 20.6. The van der Waals surface area contributed by atoms with E-state index in [1.807, 2.05) is 24.4 Å². The number of amides is 1. The number of hydrogen-bond acceptors (Lipinski definition) is 6. The van der Waals surface area contributed by atoms with Crippen LogP contribution < -0.4 is 9.64 Å². The Morgan fingerprint density at radius 2 is 1.95 bits per heavy atom. The van der Waals surface area contributed by atoms with Gasteiger partial charge in [0.2, 0.25) is 11.7 Å². The second-order valence-electron chi connectivity index (χ2n) is 10.4. The summed E-state index contributed by atoms with van der Waals surface area (Å²) in [4.78, 5) is 21.9. The van der Waals surface area contributed by atoms with E-state index in [0.29, 0.717) is 25.4 Å². The number of piperidine rings is 1. The highest BCUT2D eigenvalue weighted by Gasteiger charge is 2.41. The van der Waals surface area contributed by atoms with Crippen LogP contribution in [0, 0.1) is 17.8 Å². The van der Waals surface area contributed by atoms with Crippen LogP contribution in [0.25, 0.3) is 10.9 Å². The van der Waals surface area contributed by atoms with Crippen LogP contribution in [0.1, 0.15) is 37.8 Å². The maximum atomic E-state index is 13.4. The first-order valence-electron chi connectivity index (χ1n) is 12.8. The number of ether oxygens (including phenoxy) is 1. The van der Waals surface area contributed by atoms with Crippen molar-refractivity contribution in [2.45, 2.75) is 45.5 Å². The Hall–Kier alpha value is -3.37. The number of benzene rings is 1. The molecule has 1 saturated carbocycles. The molecule has 11 heteroatoms. The fourth-order valence-electron chi connectivity index (χ4n) is 5.50. The van der Waals surface area contributed by atoms with E-state index in [0.717, 1.165) is 33.5 Å². The van der Waals surface area contributed by atoms with Gasteiger partial charge in [0.25, 0.3) is 0 Å². The third-order valence-electron chi connectivity index (χ3n) is 7.76. The van der Waals surface area contributed by atoms with Crippen LogP contribution in [0.2, 0.25) is 0 Å². The van der Waals surface area contributed by atoms with E-state index < -0.39 is 12.0 Å². The summed E-state index contributed by atoms with van der Waals surface area (Å²) >= 11 is 0. The highest BCUT2D eigenvalue weighted by molar-refractivity contribution is 5.92. The van der Waals surface area contributed by atoms with Gasteiger partial charge in [-0.1, -0.05) is 6.92 Å². The normalized spacial score (nSPS) is 22.3. The minimum atomic E-state index is -4.55. The van der Waals surface area contributed by atoms with Crippen LogP contribution in [0.3, 0.4) is 0 Å². The summed E-state index contributed by atoms with van der Waals surface area (Å²) < 4.78 is 46.4. The van der Waals surface area contributed by atoms with E-state index in [4.69, 9.17) is 4.74 Å². The SMILES string of the molecule is CC1CN(c2ccnc3cc(OCC4CC4)ccc23)CCC1C(=O)N1CCn2c(nnc2C(F)(F)F)C1. The van der Waals surface area contributed by atoms with Crippen molar-refractivity contribution in [1.82, 2.24) is 24.6 Å². The van der Waals surface area contributed by atoms with Crippen LogP contribution >= 0.6 is 0 Å². The third-order valence-corrected chi connectivity index (χ3v) is 7.76. The third kappa shape index (κ3) is 4.71. The molecule has 6 rings (SSSR count). The van der Waals surface area contributed by atoms with Crippen molar-refractivity contribution in [3.63, 3.8) is 0 Å². The van der Waals surface area contributed by atoms with E-state index in [1.165, 1.54) is 12.8 Å². The van der Waals surface area contributed by atoms with Crippen LogP contribution in [-0.4, -0.2) is 56.8 Å². The Morgan fingerprint density at radius 3 is 2.70 bits per heavy atom. The fourth-order valence-corrected chi connectivity index (χ4v) is 5.50. The molecule has 0 radical (unpaired) electrons. The quantitative estimate of drug-likeness (QED) is 0.510. The number of nitrogens with zero attached hydrogens (tertiary/aromatic N) is 6. The lowest BCUT2D eigenvalue weighted by Crippen LogP contribution is -2.49. The molecule has 4 heterocycles. The number of aromatic nitrogens is 4. The summed E-state index contributed by atoms with van der Waals surface area (Å²) in [5.41, 5.74) is 1.97. The first-order chi connectivity index (χ1) is 17.8. The number of hydrogen-bond donors (Lipinski definition) is 0. The molecule has 8 nitrogen and oxygen atoms in total. The smallest absolute Gasteiger partial charge is 0.451 e. The molecule has 2 atom stereocenters. The molecule has 196 valence electrons. The average molecular weight is 515 g/mol. The van der Waals surface area contributed by atoms with Crippen LogP contribution in [0.5, 0.6) is 5.75 Å². The highest BCUT2D eigenvalue weighted by atomic mass is 19.4. The number of anilines is 1. The summed E-state index contributed by atoms with van der Waals surface area (Å²) in [6, 6.07) is 8.05. The van der Waals surface area contributed by atoms with Crippen molar-refractivity contribution in [1.29, 1.82) is 0 Å². The van der Waals surface area contributed by atoms with Crippen molar-refractivity contribution >= 4 is 22.5 Å². The molecule has 1 aromatic carbocycles. The van der Waals surface area contributed by atoms with Crippen molar-refractivity contribution in [3.8, 4) is 5.75 Å². The number of halogens is 3. The Kier molecular flexibility index (Phi) is 5.95. The van der Waals surface area contributed by atoms with Gasteiger partial charge in [-0.15, -0.1) is 10.2 Å². The molecular formula is C26H29F3N6O2. The topological polar surface area (TPSA) is 76.4 Å². The van der Waals surface area contributed by atoms with Crippen molar-refractivity contribution in [2.75, 3.05) is 31.1 Å². The molecule has 37 heavy (non-hydrogen) atoms. The zero-order valence-corrected chi connectivity index (χ0v) is 20.6. The minimum absolute atomic E-state index is 0.0213. The summed E-state index contributed by atoms with van der Waals surface area (Å²) in [7, 11) is 0. The molecule has 3 aromatic rings. The van der Waals surface area contributed by atoms with Gasteiger partial charge in [-0.05, 0) is 49.3 Å².